The number of carboxylic acids is 1. The van der Waals surface area contributed by atoms with Gasteiger partial charge >= 0.3 is 11.9 Å². The van der Waals surface area contributed by atoms with Gasteiger partial charge in [0.15, 0.2) is 0 Å². The first kappa shape index (κ1) is 37.1. The number of ether oxygens (including phenoxy) is 8. The number of carbonyl (C=O) groups excluding carboxylic acids is 2. The molecule has 0 radical (unpaired) electrons. The fraction of sp³-hybridized carbons (Fsp3) is 0.880. The molecule has 0 aromatic carbocycles. The van der Waals surface area contributed by atoms with Crippen LogP contribution in [-0.4, -0.2) is 126 Å². The summed E-state index contributed by atoms with van der Waals surface area (Å²) in [5.41, 5.74) is 0. The lowest BCUT2D eigenvalue weighted by atomic mass is 10.2. The molecule has 0 saturated heterocycles. The second-order valence-corrected chi connectivity index (χ2v) is 8.92. The molecule has 0 aromatic heterocycles. The van der Waals surface area contributed by atoms with E-state index in [0.717, 1.165) is 13.0 Å². The van der Waals surface area contributed by atoms with Gasteiger partial charge in [-0.15, -0.1) is 0 Å². The van der Waals surface area contributed by atoms with Gasteiger partial charge in [0.05, 0.1) is 92.3 Å². The monoisotopic (exact) mass is 664 g/mol. The second kappa shape index (κ2) is 30.6. The number of carboxylic acid groups (broad SMARTS) is 1. The lowest BCUT2D eigenvalue weighted by Gasteiger charge is -2.08. The van der Waals surface area contributed by atoms with Crippen LogP contribution in [0.1, 0.15) is 38.5 Å². The molecule has 13 heteroatoms. The Hall–Kier alpha value is -0.940. The fourth-order valence-corrected chi connectivity index (χ4v) is 3.22. The van der Waals surface area contributed by atoms with Crippen molar-refractivity contribution >= 4 is 40.3 Å². The third kappa shape index (κ3) is 29.6. The maximum absolute atomic E-state index is 11.3. The molecule has 0 aliphatic rings. The summed E-state index contributed by atoms with van der Waals surface area (Å²) in [4.78, 5) is 32.5. The highest BCUT2D eigenvalue weighted by Gasteiger charge is 2.14. The Morgan fingerprint density at radius 1 is 0.474 bits per heavy atom. The van der Waals surface area contributed by atoms with E-state index >= 15 is 0 Å². The van der Waals surface area contributed by atoms with Crippen molar-refractivity contribution in [3.05, 3.63) is 0 Å². The molecular formula is C25H45IO12. The number of carbonyl (C=O) groups is 3. The molecule has 12 nitrogen and oxygen atoms in total. The number of halogens is 1. The first-order chi connectivity index (χ1) is 18.6. The third-order valence-corrected chi connectivity index (χ3v) is 5.45. The van der Waals surface area contributed by atoms with Gasteiger partial charge in [-0.05, 0) is 17.3 Å². The Balaban J connectivity index is 3.13. The van der Waals surface area contributed by atoms with E-state index in [0.29, 0.717) is 79.3 Å². The van der Waals surface area contributed by atoms with Crippen LogP contribution in [0.5, 0.6) is 0 Å². The van der Waals surface area contributed by atoms with Crippen LogP contribution in [0.3, 0.4) is 0 Å². The van der Waals surface area contributed by atoms with Crippen LogP contribution < -0.4 is 0 Å². The summed E-state index contributed by atoms with van der Waals surface area (Å²) in [6, 6.07) is 0. The highest BCUT2D eigenvalue weighted by Crippen LogP contribution is 2.02. The van der Waals surface area contributed by atoms with E-state index in [-0.39, 0.29) is 26.1 Å². The summed E-state index contributed by atoms with van der Waals surface area (Å²) in [7, 11) is 0. The highest BCUT2D eigenvalue weighted by atomic mass is 127. The molecule has 0 heterocycles. The summed E-state index contributed by atoms with van der Waals surface area (Å²) in [5, 5.41) is 8.42. The van der Waals surface area contributed by atoms with Crippen molar-refractivity contribution in [2.24, 2.45) is 0 Å². The maximum Gasteiger partial charge on any atom is 0.372 e. The fourth-order valence-electron chi connectivity index (χ4n) is 2.68. The molecule has 1 N–H and O–H groups in total. The molecule has 0 fully saturated rings. The second-order valence-electron chi connectivity index (χ2n) is 7.84. The van der Waals surface area contributed by atoms with E-state index < -0.39 is 17.7 Å². The number of ketones is 1. The normalized spacial score (nSPS) is 11.1. The Labute approximate surface area is 239 Å². The van der Waals surface area contributed by atoms with Gasteiger partial charge < -0.3 is 43.0 Å². The SMILES string of the molecule is O=C(CCC(=O)C(=O)O)OCCOCCOCCOCCOCCOCCOCCOCCCCCCI. The van der Waals surface area contributed by atoms with Crippen LogP contribution in [0.2, 0.25) is 0 Å². The van der Waals surface area contributed by atoms with E-state index in [1.807, 2.05) is 0 Å². The zero-order chi connectivity index (χ0) is 27.9. The topological polar surface area (TPSA) is 145 Å². The number of Topliss-reactive ketones (excluding diaryl/α,β-unsaturated/α-hetero) is 1. The van der Waals surface area contributed by atoms with Gasteiger partial charge in [-0.1, -0.05) is 35.4 Å². The van der Waals surface area contributed by atoms with Gasteiger partial charge in [-0.3, -0.25) is 9.59 Å². The van der Waals surface area contributed by atoms with Crippen LogP contribution in [-0.2, 0) is 52.3 Å². The summed E-state index contributed by atoms with van der Waals surface area (Å²) in [6.45, 7) is 6.78. The Morgan fingerprint density at radius 3 is 1.24 bits per heavy atom. The van der Waals surface area contributed by atoms with E-state index in [9.17, 15) is 14.4 Å². The summed E-state index contributed by atoms with van der Waals surface area (Å²) >= 11 is 2.41. The predicted molar refractivity (Wildman–Crippen MR) is 146 cm³/mol. The van der Waals surface area contributed by atoms with E-state index in [2.05, 4.69) is 22.6 Å². The van der Waals surface area contributed by atoms with E-state index in [4.69, 9.17) is 43.0 Å². The van der Waals surface area contributed by atoms with Crippen molar-refractivity contribution in [1.29, 1.82) is 0 Å². The van der Waals surface area contributed by atoms with Gasteiger partial charge in [0.2, 0.25) is 5.78 Å². The number of hydrogen-bond donors (Lipinski definition) is 1. The first-order valence-electron chi connectivity index (χ1n) is 13.1. The molecule has 0 bridgehead atoms. The van der Waals surface area contributed by atoms with Gasteiger partial charge in [0.1, 0.15) is 6.61 Å². The summed E-state index contributed by atoms with van der Waals surface area (Å²) in [5.74, 6) is -3.22. The number of alkyl halides is 1. The molecule has 0 spiro atoms. The van der Waals surface area contributed by atoms with E-state index in [1.54, 1.807) is 0 Å². The smallest absolute Gasteiger partial charge is 0.372 e. The standard InChI is InChI=1S/C25H45IO12/c26-7-3-1-2-4-8-31-9-10-32-11-12-33-13-14-34-15-16-35-17-18-36-19-20-37-21-22-38-24(28)6-5-23(27)25(29)30/h1-22H2,(H,29,30). The Morgan fingerprint density at radius 2 is 0.842 bits per heavy atom. The van der Waals surface area contributed by atoms with Crippen LogP contribution in [0.15, 0.2) is 0 Å². The van der Waals surface area contributed by atoms with Crippen LogP contribution in [0.4, 0.5) is 0 Å². The van der Waals surface area contributed by atoms with Crippen molar-refractivity contribution < 1.29 is 57.4 Å². The minimum absolute atomic E-state index is 0.0245. The molecule has 38 heavy (non-hydrogen) atoms. The van der Waals surface area contributed by atoms with Crippen LogP contribution in [0.25, 0.3) is 0 Å². The lowest BCUT2D eigenvalue weighted by molar-refractivity contribution is -0.151. The van der Waals surface area contributed by atoms with Gasteiger partial charge in [-0.2, -0.15) is 0 Å². The molecule has 0 amide bonds. The number of aliphatic carboxylic acids is 1. The number of esters is 1. The Bertz CT molecular complexity index is 564. The zero-order valence-corrected chi connectivity index (χ0v) is 24.5. The van der Waals surface area contributed by atoms with Crippen molar-refractivity contribution in [3.8, 4) is 0 Å². The quantitative estimate of drug-likeness (QED) is 0.0381. The van der Waals surface area contributed by atoms with Gasteiger partial charge in [0.25, 0.3) is 0 Å². The number of unbranched alkanes of at least 4 members (excludes halogenated alkanes) is 3. The van der Waals surface area contributed by atoms with Crippen LogP contribution in [0, 0.1) is 0 Å². The molecule has 0 aromatic rings. The van der Waals surface area contributed by atoms with Crippen molar-refractivity contribution in [2.75, 3.05) is 104 Å². The number of rotatable bonds is 31. The molecule has 0 rings (SSSR count). The molecule has 0 atom stereocenters. The predicted octanol–water partition coefficient (Wildman–Crippen LogP) is 2.08. The number of hydrogen-bond acceptors (Lipinski definition) is 11. The van der Waals surface area contributed by atoms with Crippen LogP contribution >= 0.6 is 22.6 Å². The lowest BCUT2D eigenvalue weighted by Crippen LogP contribution is -2.17. The van der Waals surface area contributed by atoms with Crippen molar-refractivity contribution in [3.63, 3.8) is 0 Å². The molecular weight excluding hydrogens is 619 g/mol. The molecule has 224 valence electrons. The molecule has 0 aliphatic heterocycles. The maximum atomic E-state index is 11.3. The average molecular weight is 665 g/mol. The summed E-state index contributed by atoms with van der Waals surface area (Å²) < 4.78 is 43.9. The van der Waals surface area contributed by atoms with Gasteiger partial charge in [-0.25, -0.2) is 4.79 Å². The minimum Gasteiger partial charge on any atom is -0.476 e. The van der Waals surface area contributed by atoms with Gasteiger partial charge in [0, 0.05) is 13.0 Å². The van der Waals surface area contributed by atoms with Crippen molar-refractivity contribution in [1.82, 2.24) is 0 Å². The Kier molecular flexibility index (Phi) is 29.8. The highest BCUT2D eigenvalue weighted by molar-refractivity contribution is 14.1. The van der Waals surface area contributed by atoms with E-state index in [1.165, 1.54) is 23.7 Å². The third-order valence-electron chi connectivity index (χ3n) is 4.69. The molecule has 0 saturated carbocycles. The summed E-state index contributed by atoms with van der Waals surface area (Å²) in [6.07, 6.45) is 4.28. The average Bonchev–Trinajstić information content (AvgIpc) is 2.91. The van der Waals surface area contributed by atoms with Crippen molar-refractivity contribution in [2.45, 2.75) is 38.5 Å². The first-order valence-corrected chi connectivity index (χ1v) is 14.6. The minimum atomic E-state index is -1.56. The molecule has 0 unspecified atom stereocenters. The zero-order valence-electron chi connectivity index (χ0n) is 22.4. The molecule has 0 aliphatic carbocycles. The largest absolute Gasteiger partial charge is 0.476 e.